The van der Waals surface area contributed by atoms with Crippen LogP contribution in [0.4, 0.5) is 0 Å². The van der Waals surface area contributed by atoms with Crippen molar-refractivity contribution in [2.75, 3.05) is 12.3 Å². The lowest BCUT2D eigenvalue weighted by Gasteiger charge is -2.22. The van der Waals surface area contributed by atoms with Crippen molar-refractivity contribution in [3.05, 3.63) is 15.8 Å². The number of rotatable bonds is 5. The number of sulfonamides is 1. The molecule has 0 aromatic carbocycles. The Kier molecular flexibility index (Phi) is 4.62. The first-order chi connectivity index (χ1) is 8.86. The van der Waals surface area contributed by atoms with Crippen LogP contribution in [0.2, 0.25) is 0 Å². The summed E-state index contributed by atoms with van der Waals surface area (Å²) in [6.07, 6.45) is 2.19. The van der Waals surface area contributed by atoms with Crippen LogP contribution >= 0.6 is 23.1 Å². The Morgan fingerprint density at radius 3 is 2.79 bits per heavy atom. The second kappa shape index (κ2) is 5.73. The summed E-state index contributed by atoms with van der Waals surface area (Å²) < 4.78 is 27.3. The van der Waals surface area contributed by atoms with Crippen molar-refractivity contribution in [1.29, 1.82) is 0 Å². The van der Waals surface area contributed by atoms with E-state index in [9.17, 15) is 8.42 Å². The number of aliphatic hydroxyl groups is 1. The zero-order valence-corrected chi connectivity index (χ0v) is 13.6. The fraction of sp³-hybridized carbons (Fsp3) is 0.667. The second-order valence-corrected chi connectivity index (χ2v) is 9.78. The molecular formula is C12H19NO3S3. The number of nitrogens with one attached hydrogen (secondary N) is 1. The monoisotopic (exact) mass is 321 g/mol. The quantitative estimate of drug-likeness (QED) is 0.872. The molecule has 2 heterocycles. The van der Waals surface area contributed by atoms with Crippen molar-refractivity contribution in [3.63, 3.8) is 0 Å². The molecule has 0 radical (unpaired) electrons. The third kappa shape index (κ3) is 3.52. The zero-order valence-electron chi connectivity index (χ0n) is 11.1. The molecule has 108 valence electrons. The number of thioether (sulfide) groups is 1. The van der Waals surface area contributed by atoms with Gasteiger partial charge in [-0.3, -0.25) is 0 Å². The van der Waals surface area contributed by atoms with E-state index in [4.69, 9.17) is 5.11 Å². The van der Waals surface area contributed by atoms with Crippen LogP contribution < -0.4 is 4.72 Å². The van der Waals surface area contributed by atoms with Crippen LogP contribution in [0, 0.1) is 6.92 Å². The molecule has 1 fully saturated rings. The molecule has 1 aromatic heterocycles. The Labute approximate surface area is 122 Å². The fourth-order valence-electron chi connectivity index (χ4n) is 2.17. The Balaban J connectivity index is 2.11. The number of aryl methyl sites for hydroxylation is 1. The molecule has 1 atom stereocenters. The summed E-state index contributed by atoms with van der Waals surface area (Å²) in [5, 5.41) is 9.08. The first kappa shape index (κ1) is 15.3. The van der Waals surface area contributed by atoms with E-state index in [-0.39, 0.29) is 11.4 Å². The minimum atomic E-state index is -3.47. The summed E-state index contributed by atoms with van der Waals surface area (Å²) in [5.41, 5.74) is 0. The van der Waals surface area contributed by atoms with Crippen molar-refractivity contribution in [1.82, 2.24) is 4.72 Å². The topological polar surface area (TPSA) is 66.4 Å². The van der Waals surface area contributed by atoms with Gasteiger partial charge in [-0.1, -0.05) is 0 Å². The third-order valence-electron chi connectivity index (χ3n) is 3.31. The van der Waals surface area contributed by atoms with Gasteiger partial charge in [-0.2, -0.15) is 11.8 Å². The van der Waals surface area contributed by atoms with Crippen LogP contribution in [0.25, 0.3) is 0 Å². The van der Waals surface area contributed by atoms with Crippen LogP contribution in [0.5, 0.6) is 0 Å². The van der Waals surface area contributed by atoms with E-state index in [0.717, 1.165) is 23.5 Å². The minimum Gasteiger partial charge on any atom is -0.391 e. The Morgan fingerprint density at radius 1 is 1.53 bits per heavy atom. The molecule has 2 rings (SSSR count). The van der Waals surface area contributed by atoms with E-state index < -0.39 is 10.0 Å². The van der Waals surface area contributed by atoms with E-state index in [2.05, 4.69) is 11.6 Å². The first-order valence-electron chi connectivity index (χ1n) is 6.20. The lowest BCUT2D eigenvalue weighted by molar-refractivity contribution is 0.285. The summed E-state index contributed by atoms with van der Waals surface area (Å²) in [4.78, 5) is 1.70. The van der Waals surface area contributed by atoms with Crippen molar-refractivity contribution in [3.8, 4) is 0 Å². The molecule has 0 saturated carbocycles. The van der Waals surface area contributed by atoms with Crippen LogP contribution in [-0.2, 0) is 16.6 Å². The lowest BCUT2D eigenvalue weighted by atomic mass is 10.1. The molecule has 0 spiro atoms. The van der Waals surface area contributed by atoms with Crippen molar-refractivity contribution in [2.24, 2.45) is 0 Å². The van der Waals surface area contributed by atoms with Gasteiger partial charge in [-0.05, 0) is 38.5 Å². The number of thiophene rings is 1. The van der Waals surface area contributed by atoms with Crippen LogP contribution in [0.3, 0.4) is 0 Å². The molecule has 2 N–H and O–H groups in total. The summed E-state index contributed by atoms with van der Waals surface area (Å²) in [6.45, 7) is 4.22. The van der Waals surface area contributed by atoms with Gasteiger partial charge in [0.05, 0.1) is 11.5 Å². The Bertz CT molecular complexity index is 545. The molecule has 1 saturated heterocycles. The van der Waals surface area contributed by atoms with Gasteiger partial charge in [0, 0.05) is 21.0 Å². The summed E-state index contributed by atoms with van der Waals surface area (Å²) in [6, 6.07) is 1.56. The second-order valence-electron chi connectivity index (χ2n) is 5.02. The number of aliphatic hydroxyl groups excluding tert-OH is 1. The highest BCUT2D eigenvalue weighted by Gasteiger charge is 2.31. The molecule has 0 amide bonds. The van der Waals surface area contributed by atoms with Gasteiger partial charge in [0.25, 0.3) is 0 Å². The minimum absolute atomic E-state index is 0.0107. The SMILES string of the molecule is Cc1sc(CO)cc1S(=O)(=O)NCC1(C)CCCS1. The van der Waals surface area contributed by atoms with Crippen molar-refractivity contribution < 1.29 is 13.5 Å². The molecule has 1 unspecified atom stereocenters. The van der Waals surface area contributed by atoms with E-state index >= 15 is 0 Å². The average Bonchev–Trinajstić information content (AvgIpc) is 2.94. The molecular weight excluding hydrogens is 302 g/mol. The summed E-state index contributed by atoms with van der Waals surface area (Å²) in [7, 11) is -3.47. The van der Waals surface area contributed by atoms with Gasteiger partial charge in [-0.15, -0.1) is 11.3 Å². The number of hydrogen-bond donors (Lipinski definition) is 2. The largest absolute Gasteiger partial charge is 0.391 e. The fourth-order valence-corrected chi connectivity index (χ4v) is 6.17. The molecule has 19 heavy (non-hydrogen) atoms. The highest BCUT2D eigenvalue weighted by atomic mass is 32.2. The zero-order chi connectivity index (χ0) is 14.1. The smallest absolute Gasteiger partial charge is 0.241 e. The van der Waals surface area contributed by atoms with E-state index in [1.54, 1.807) is 13.0 Å². The number of hydrogen-bond acceptors (Lipinski definition) is 5. The van der Waals surface area contributed by atoms with Crippen molar-refractivity contribution >= 4 is 33.1 Å². The summed E-state index contributed by atoms with van der Waals surface area (Å²) in [5.74, 6) is 1.10. The standard InChI is InChI=1S/C12H19NO3S3/c1-9-11(6-10(7-14)18-9)19(15,16)13-8-12(2)4-3-5-17-12/h6,13-14H,3-5,7-8H2,1-2H3. The lowest BCUT2D eigenvalue weighted by Crippen LogP contribution is -2.36. The van der Waals surface area contributed by atoms with Gasteiger partial charge in [0.2, 0.25) is 10.0 Å². The third-order valence-corrected chi connectivity index (χ3v) is 7.54. The van der Waals surface area contributed by atoms with Gasteiger partial charge in [0.1, 0.15) is 0 Å². The summed E-state index contributed by atoms with van der Waals surface area (Å²) >= 11 is 3.15. The molecule has 7 heteroatoms. The van der Waals surface area contributed by atoms with Gasteiger partial charge in [0.15, 0.2) is 0 Å². The van der Waals surface area contributed by atoms with Gasteiger partial charge < -0.3 is 5.11 Å². The molecule has 0 aliphatic carbocycles. The predicted octanol–water partition coefficient (Wildman–Crippen LogP) is 2.11. The average molecular weight is 321 g/mol. The van der Waals surface area contributed by atoms with Crippen molar-refractivity contribution in [2.45, 2.75) is 42.9 Å². The van der Waals surface area contributed by atoms with Crippen LogP contribution in [0.1, 0.15) is 29.5 Å². The predicted molar refractivity (Wildman–Crippen MR) is 80.3 cm³/mol. The van der Waals surface area contributed by atoms with Gasteiger partial charge >= 0.3 is 0 Å². The maximum absolute atomic E-state index is 12.3. The maximum atomic E-state index is 12.3. The first-order valence-corrected chi connectivity index (χ1v) is 9.49. The Morgan fingerprint density at radius 2 is 2.26 bits per heavy atom. The maximum Gasteiger partial charge on any atom is 0.241 e. The van der Waals surface area contributed by atoms with E-state index in [0.29, 0.717) is 16.3 Å². The van der Waals surface area contributed by atoms with E-state index in [1.165, 1.54) is 11.3 Å². The molecule has 1 aliphatic heterocycles. The van der Waals surface area contributed by atoms with Gasteiger partial charge in [-0.25, -0.2) is 13.1 Å². The Hall–Kier alpha value is -0.0800. The van der Waals surface area contributed by atoms with E-state index in [1.807, 2.05) is 11.8 Å². The highest BCUT2D eigenvalue weighted by molar-refractivity contribution is 8.01. The molecule has 0 bridgehead atoms. The molecule has 1 aromatic rings. The highest BCUT2D eigenvalue weighted by Crippen LogP contribution is 2.37. The molecule has 4 nitrogen and oxygen atoms in total. The normalized spacial score (nSPS) is 23.9. The van der Waals surface area contributed by atoms with Crippen LogP contribution in [0.15, 0.2) is 11.0 Å². The molecule has 1 aliphatic rings. The van der Waals surface area contributed by atoms with Crippen LogP contribution in [-0.4, -0.2) is 30.6 Å².